The highest BCUT2D eigenvalue weighted by atomic mass is 32.2. The molecule has 0 aromatic carbocycles. The van der Waals surface area contributed by atoms with Gasteiger partial charge in [0, 0.05) is 29.3 Å². The predicted molar refractivity (Wildman–Crippen MR) is 176 cm³/mol. The third-order valence-corrected chi connectivity index (χ3v) is 13.2. The Hall–Kier alpha value is -0.550. The van der Waals surface area contributed by atoms with Gasteiger partial charge < -0.3 is 0 Å². The third kappa shape index (κ3) is 8.47. The van der Waals surface area contributed by atoms with E-state index in [1.54, 1.807) is 10.4 Å². The van der Waals surface area contributed by atoms with Crippen molar-refractivity contribution >= 4 is 45.8 Å². The van der Waals surface area contributed by atoms with Gasteiger partial charge in [0.05, 0.1) is 4.88 Å². The molecule has 0 amide bonds. The molecule has 0 aliphatic carbocycles. The van der Waals surface area contributed by atoms with Crippen molar-refractivity contribution in [1.82, 2.24) is 0 Å². The van der Waals surface area contributed by atoms with Crippen LogP contribution in [-0.2, 0) is 17.3 Å². The number of hydrogen-bond acceptors (Lipinski definition) is 4. The number of unbranched alkanes of at least 4 members (excludes halogenated alkanes) is 6. The Morgan fingerprint density at radius 1 is 0.703 bits per heavy atom. The van der Waals surface area contributed by atoms with Crippen LogP contribution in [-0.4, -0.2) is 5.75 Å². The molecule has 0 spiro atoms. The van der Waals surface area contributed by atoms with Crippen LogP contribution in [0.25, 0.3) is 19.5 Å². The third-order valence-electron chi connectivity index (χ3n) is 7.37. The number of hydrogen-bond donors (Lipinski definition) is 0. The number of thiophene rings is 3. The topological polar surface area (TPSA) is 0 Å². The summed E-state index contributed by atoms with van der Waals surface area (Å²) in [6, 6.07) is 9.81. The van der Waals surface area contributed by atoms with Crippen LogP contribution in [0.1, 0.15) is 128 Å². The van der Waals surface area contributed by atoms with E-state index in [0.717, 1.165) is 0 Å². The minimum atomic E-state index is 0.196. The van der Waals surface area contributed by atoms with E-state index in [1.807, 2.05) is 22.7 Å². The molecule has 0 nitrogen and oxygen atoms in total. The van der Waals surface area contributed by atoms with E-state index in [1.165, 1.54) is 99.2 Å². The Kier molecular flexibility index (Phi) is 11.9. The van der Waals surface area contributed by atoms with Gasteiger partial charge >= 0.3 is 0 Å². The molecule has 0 saturated carbocycles. The molecule has 0 radical (unpaired) electrons. The molecule has 4 heteroatoms. The van der Waals surface area contributed by atoms with Gasteiger partial charge in [0.1, 0.15) is 0 Å². The van der Waals surface area contributed by atoms with Crippen LogP contribution in [0.4, 0.5) is 0 Å². The zero-order valence-corrected chi connectivity index (χ0v) is 28.0. The van der Waals surface area contributed by atoms with Crippen molar-refractivity contribution in [1.29, 1.82) is 0 Å². The Morgan fingerprint density at radius 2 is 1.38 bits per heavy atom. The smallest absolute Gasteiger partial charge is 0.0581 e. The lowest BCUT2D eigenvalue weighted by molar-refractivity contribution is 0.510. The number of thioether (sulfide) groups is 1. The SMILES string of the molecule is CCCCCCSc1cc(C(C)(C)C)sc1-c1ccc(-c2cc(CCCCCC)c(C(C)(C)CC)s2)s1. The highest BCUT2D eigenvalue weighted by Crippen LogP contribution is 2.48. The lowest BCUT2D eigenvalue weighted by atomic mass is 9.85. The van der Waals surface area contributed by atoms with Crippen LogP contribution in [0, 0.1) is 0 Å². The van der Waals surface area contributed by atoms with Gasteiger partial charge in [0.15, 0.2) is 0 Å². The van der Waals surface area contributed by atoms with Gasteiger partial charge in [-0.05, 0) is 72.1 Å². The zero-order chi connectivity index (χ0) is 27.1. The van der Waals surface area contributed by atoms with Gasteiger partial charge in [-0.1, -0.05) is 93.9 Å². The molecular weight excluding hydrogens is 525 g/mol. The monoisotopic (exact) mass is 574 g/mol. The van der Waals surface area contributed by atoms with E-state index in [9.17, 15) is 0 Å². The largest absolute Gasteiger partial charge is 0.139 e. The fourth-order valence-electron chi connectivity index (χ4n) is 4.54. The summed E-state index contributed by atoms with van der Waals surface area (Å²) in [5, 5.41) is 0. The first-order valence-electron chi connectivity index (χ1n) is 14.6. The van der Waals surface area contributed by atoms with Crippen LogP contribution in [0.15, 0.2) is 29.2 Å². The summed E-state index contributed by atoms with van der Waals surface area (Å²) in [5.41, 5.74) is 2.05. The van der Waals surface area contributed by atoms with Crippen LogP contribution < -0.4 is 0 Å². The van der Waals surface area contributed by atoms with E-state index in [-0.39, 0.29) is 10.8 Å². The van der Waals surface area contributed by atoms with E-state index in [4.69, 9.17) is 0 Å². The van der Waals surface area contributed by atoms with Crippen molar-refractivity contribution in [3.05, 3.63) is 39.6 Å². The molecule has 3 aromatic heterocycles. The van der Waals surface area contributed by atoms with Gasteiger partial charge in [-0.3, -0.25) is 0 Å². The van der Waals surface area contributed by atoms with Crippen LogP contribution in [0.3, 0.4) is 0 Å². The molecule has 3 aromatic rings. The fraction of sp³-hybridized carbons (Fsp3) is 0.636. The summed E-state index contributed by atoms with van der Waals surface area (Å²) in [7, 11) is 0. The van der Waals surface area contributed by atoms with Crippen LogP contribution >= 0.6 is 45.8 Å². The summed E-state index contributed by atoms with van der Waals surface area (Å²) in [5.74, 6) is 1.23. The summed E-state index contributed by atoms with van der Waals surface area (Å²) < 4.78 is 0. The minimum Gasteiger partial charge on any atom is -0.139 e. The van der Waals surface area contributed by atoms with E-state index >= 15 is 0 Å². The average molecular weight is 575 g/mol. The summed E-state index contributed by atoms with van der Waals surface area (Å²) in [6.45, 7) is 18.9. The first-order chi connectivity index (χ1) is 17.6. The molecule has 3 heterocycles. The Balaban J connectivity index is 1.89. The van der Waals surface area contributed by atoms with Crippen molar-refractivity contribution in [3.8, 4) is 19.5 Å². The van der Waals surface area contributed by atoms with E-state index < -0.39 is 0 Å². The maximum Gasteiger partial charge on any atom is 0.0581 e. The summed E-state index contributed by atoms with van der Waals surface area (Å²) >= 11 is 8.17. The Bertz CT molecular complexity index is 1090. The van der Waals surface area contributed by atoms with E-state index in [2.05, 4.69) is 103 Å². The quantitative estimate of drug-likeness (QED) is 0.128. The highest BCUT2D eigenvalue weighted by Gasteiger charge is 2.26. The normalized spacial score (nSPS) is 12.5. The minimum absolute atomic E-state index is 0.196. The van der Waals surface area contributed by atoms with Crippen LogP contribution in [0.2, 0.25) is 0 Å². The van der Waals surface area contributed by atoms with Gasteiger partial charge in [0.25, 0.3) is 0 Å². The number of rotatable bonds is 15. The Morgan fingerprint density at radius 3 is 2.03 bits per heavy atom. The van der Waals surface area contributed by atoms with Crippen molar-refractivity contribution in [2.75, 3.05) is 5.75 Å². The highest BCUT2D eigenvalue weighted by molar-refractivity contribution is 7.99. The maximum absolute atomic E-state index is 2.54. The Labute approximate surface area is 244 Å². The molecule has 0 aliphatic heterocycles. The van der Waals surface area contributed by atoms with Gasteiger partial charge in [0.2, 0.25) is 0 Å². The first kappa shape index (κ1) is 31.0. The molecular formula is C33H50S4. The molecule has 0 saturated heterocycles. The van der Waals surface area contributed by atoms with Gasteiger partial charge in [-0.2, -0.15) is 0 Å². The molecule has 0 fully saturated rings. The predicted octanol–water partition coefficient (Wildman–Crippen LogP) is 13.0. The average Bonchev–Trinajstić information content (AvgIpc) is 3.59. The molecule has 0 N–H and O–H groups in total. The summed E-state index contributed by atoms with van der Waals surface area (Å²) in [4.78, 5) is 10.5. The lowest BCUT2D eigenvalue weighted by Crippen LogP contribution is -2.15. The number of aryl methyl sites for hydroxylation is 1. The fourth-order valence-corrected chi connectivity index (χ4v) is 9.69. The van der Waals surface area contributed by atoms with Crippen molar-refractivity contribution in [2.45, 2.75) is 135 Å². The molecule has 0 atom stereocenters. The zero-order valence-electron chi connectivity index (χ0n) is 24.7. The second-order valence-corrected chi connectivity index (χ2v) is 16.5. The molecule has 0 bridgehead atoms. The second kappa shape index (κ2) is 14.2. The summed E-state index contributed by atoms with van der Waals surface area (Å²) in [6.07, 6.45) is 13.1. The maximum atomic E-state index is 2.54. The molecule has 0 aliphatic rings. The van der Waals surface area contributed by atoms with E-state index in [0.29, 0.717) is 0 Å². The lowest BCUT2D eigenvalue weighted by Gasteiger charge is -2.23. The van der Waals surface area contributed by atoms with Gasteiger partial charge in [-0.25, -0.2) is 0 Å². The standard InChI is InChI=1S/C33H50S4/c1-9-12-14-16-18-24-22-27(36-31(24)33(7,8)11-3)25-19-20-26(35-25)30-28(34-21-17-15-13-10-2)23-29(37-30)32(4,5)6/h19-20,22-23H,9-18,21H2,1-8H3. The van der Waals surface area contributed by atoms with Crippen molar-refractivity contribution in [2.24, 2.45) is 0 Å². The van der Waals surface area contributed by atoms with Crippen molar-refractivity contribution in [3.63, 3.8) is 0 Å². The molecule has 3 rings (SSSR count). The van der Waals surface area contributed by atoms with Crippen molar-refractivity contribution < 1.29 is 0 Å². The first-order valence-corrected chi connectivity index (χ1v) is 18.0. The molecule has 0 unspecified atom stereocenters. The van der Waals surface area contributed by atoms with Crippen LogP contribution in [0.5, 0.6) is 0 Å². The molecule has 206 valence electrons. The molecule has 37 heavy (non-hydrogen) atoms. The van der Waals surface area contributed by atoms with Gasteiger partial charge in [-0.15, -0.1) is 45.8 Å². The second-order valence-electron chi connectivity index (χ2n) is 12.1.